The van der Waals surface area contributed by atoms with Crippen molar-refractivity contribution in [3.05, 3.63) is 31.2 Å². The molecular weight excluding hydrogens is 521 g/mol. The Balaban J connectivity index is 0.00000420. The minimum atomic E-state index is -0.316. The lowest BCUT2D eigenvalue weighted by molar-refractivity contribution is 0.0531. The number of guanidine groups is 1. The average Bonchev–Trinajstić information content (AvgIpc) is 3.23. The second-order valence-electron chi connectivity index (χ2n) is 6.27. The Morgan fingerprint density at radius 1 is 1.24 bits per heavy atom. The number of aromatic nitrogens is 2. The Bertz CT molecular complexity index is 835. The molecule has 0 aliphatic rings. The van der Waals surface area contributed by atoms with E-state index in [4.69, 9.17) is 4.74 Å². The molecule has 162 valence electrons. The molecule has 7 nitrogen and oxygen atoms in total. The minimum Gasteiger partial charge on any atom is -0.462 e. The second kappa shape index (κ2) is 12.4. The third-order valence-corrected chi connectivity index (χ3v) is 6.52. The number of nitrogens with one attached hydrogen (secondary N) is 2. The quantitative estimate of drug-likeness (QED) is 0.223. The Hall–Kier alpha value is -1.27. The van der Waals surface area contributed by atoms with E-state index in [9.17, 15) is 4.79 Å². The lowest BCUT2D eigenvalue weighted by Crippen LogP contribution is -2.39. The number of carbonyl (C=O) groups excluding carboxylic acids is 1. The van der Waals surface area contributed by atoms with Crippen molar-refractivity contribution in [2.24, 2.45) is 4.99 Å². The van der Waals surface area contributed by atoms with Gasteiger partial charge in [-0.25, -0.2) is 14.8 Å². The topological polar surface area (TPSA) is 88.5 Å². The fourth-order valence-corrected chi connectivity index (χ4v) is 4.64. The maximum atomic E-state index is 12.0. The molecule has 0 aliphatic carbocycles. The molecule has 0 radical (unpaired) electrons. The fraction of sp³-hybridized carbons (Fsp3) is 0.579. The van der Waals surface area contributed by atoms with E-state index in [2.05, 4.69) is 39.4 Å². The van der Waals surface area contributed by atoms with Gasteiger partial charge >= 0.3 is 5.97 Å². The van der Waals surface area contributed by atoms with Crippen LogP contribution >= 0.6 is 46.7 Å². The highest BCUT2D eigenvalue weighted by Gasteiger charge is 2.20. The molecule has 0 amide bonds. The number of esters is 1. The molecule has 1 atom stereocenters. The van der Waals surface area contributed by atoms with Gasteiger partial charge in [0.2, 0.25) is 0 Å². The first-order valence-corrected chi connectivity index (χ1v) is 11.1. The number of ether oxygens (including phenoxy) is 1. The maximum absolute atomic E-state index is 12.0. The first-order chi connectivity index (χ1) is 13.4. The van der Waals surface area contributed by atoms with E-state index in [0.29, 0.717) is 23.1 Å². The van der Waals surface area contributed by atoms with E-state index in [-0.39, 0.29) is 36.0 Å². The SMILES string of the molecule is CCOC(=O)c1sc(C(C)NC(=NC)NCCc2nc(CC)c(C)s2)nc1C.I. The lowest BCUT2D eigenvalue weighted by atomic mass is 10.3. The predicted molar refractivity (Wildman–Crippen MR) is 131 cm³/mol. The molecule has 10 heteroatoms. The van der Waals surface area contributed by atoms with Gasteiger partial charge in [0.05, 0.1) is 29.0 Å². The summed E-state index contributed by atoms with van der Waals surface area (Å²) in [4.78, 5) is 27.3. The summed E-state index contributed by atoms with van der Waals surface area (Å²) < 4.78 is 5.09. The van der Waals surface area contributed by atoms with E-state index < -0.39 is 0 Å². The summed E-state index contributed by atoms with van der Waals surface area (Å²) in [6.45, 7) is 11.0. The Morgan fingerprint density at radius 2 is 1.97 bits per heavy atom. The van der Waals surface area contributed by atoms with E-state index in [1.807, 2.05) is 13.8 Å². The molecule has 2 heterocycles. The van der Waals surface area contributed by atoms with Crippen molar-refractivity contribution >= 4 is 58.6 Å². The van der Waals surface area contributed by atoms with Gasteiger partial charge in [0, 0.05) is 24.9 Å². The van der Waals surface area contributed by atoms with Crippen LogP contribution < -0.4 is 10.6 Å². The number of halogens is 1. The number of hydrogen-bond acceptors (Lipinski definition) is 7. The molecule has 2 rings (SSSR count). The Labute approximate surface area is 197 Å². The van der Waals surface area contributed by atoms with Crippen LogP contribution in [0.25, 0.3) is 0 Å². The van der Waals surface area contributed by atoms with Crippen molar-refractivity contribution in [2.45, 2.75) is 53.5 Å². The Kier molecular flexibility index (Phi) is 11.0. The molecule has 0 bridgehead atoms. The second-order valence-corrected chi connectivity index (χ2v) is 8.58. The third-order valence-electron chi connectivity index (χ3n) is 4.12. The summed E-state index contributed by atoms with van der Waals surface area (Å²) in [6.07, 6.45) is 1.82. The largest absolute Gasteiger partial charge is 0.462 e. The van der Waals surface area contributed by atoms with Gasteiger partial charge in [-0.2, -0.15) is 0 Å². The molecule has 1 unspecified atom stereocenters. The summed E-state index contributed by atoms with van der Waals surface area (Å²) in [5.74, 6) is 0.380. The van der Waals surface area contributed by atoms with Crippen LogP contribution in [-0.2, 0) is 17.6 Å². The van der Waals surface area contributed by atoms with Gasteiger partial charge in [-0.1, -0.05) is 6.92 Å². The van der Waals surface area contributed by atoms with Crippen molar-refractivity contribution in [2.75, 3.05) is 20.2 Å². The zero-order valence-electron chi connectivity index (χ0n) is 17.8. The van der Waals surface area contributed by atoms with Crippen LogP contribution in [0.5, 0.6) is 0 Å². The zero-order chi connectivity index (χ0) is 20.7. The van der Waals surface area contributed by atoms with Crippen LogP contribution in [0.1, 0.15) is 62.8 Å². The number of aryl methyl sites for hydroxylation is 3. The molecule has 0 aliphatic heterocycles. The van der Waals surface area contributed by atoms with Gasteiger partial charge in [-0.05, 0) is 34.1 Å². The van der Waals surface area contributed by atoms with Crippen LogP contribution in [0, 0.1) is 13.8 Å². The average molecular weight is 552 g/mol. The molecule has 0 saturated carbocycles. The van der Waals surface area contributed by atoms with Gasteiger partial charge in [0.25, 0.3) is 0 Å². The molecular formula is C19H30IN5O2S2. The number of aliphatic imine (C=N–C) groups is 1. The highest BCUT2D eigenvalue weighted by Crippen LogP contribution is 2.24. The summed E-state index contributed by atoms with van der Waals surface area (Å²) in [6, 6.07) is -0.0770. The maximum Gasteiger partial charge on any atom is 0.350 e. The summed E-state index contributed by atoms with van der Waals surface area (Å²) in [7, 11) is 1.74. The summed E-state index contributed by atoms with van der Waals surface area (Å²) in [5.41, 5.74) is 1.88. The van der Waals surface area contributed by atoms with Crippen LogP contribution in [-0.4, -0.2) is 42.1 Å². The highest BCUT2D eigenvalue weighted by atomic mass is 127. The van der Waals surface area contributed by atoms with Crippen molar-refractivity contribution in [1.29, 1.82) is 0 Å². The van der Waals surface area contributed by atoms with Gasteiger partial charge in [-0.15, -0.1) is 46.7 Å². The first-order valence-electron chi connectivity index (χ1n) is 9.46. The molecule has 2 N–H and O–H groups in total. The first kappa shape index (κ1) is 25.8. The van der Waals surface area contributed by atoms with Crippen molar-refractivity contribution in [1.82, 2.24) is 20.6 Å². The minimum absolute atomic E-state index is 0. The van der Waals surface area contributed by atoms with Crippen LogP contribution in [0.15, 0.2) is 4.99 Å². The van der Waals surface area contributed by atoms with Gasteiger partial charge in [0.1, 0.15) is 9.88 Å². The van der Waals surface area contributed by atoms with Gasteiger partial charge in [0.15, 0.2) is 5.96 Å². The molecule has 0 fully saturated rings. The van der Waals surface area contributed by atoms with E-state index in [1.165, 1.54) is 21.9 Å². The van der Waals surface area contributed by atoms with Crippen molar-refractivity contribution in [3.63, 3.8) is 0 Å². The van der Waals surface area contributed by atoms with E-state index >= 15 is 0 Å². The molecule has 2 aromatic rings. The van der Waals surface area contributed by atoms with Crippen molar-refractivity contribution in [3.8, 4) is 0 Å². The van der Waals surface area contributed by atoms with Gasteiger partial charge < -0.3 is 15.4 Å². The third kappa shape index (κ3) is 7.18. The summed E-state index contributed by atoms with van der Waals surface area (Å²) in [5, 5.41) is 8.61. The number of rotatable bonds is 8. The molecule has 0 aromatic carbocycles. The van der Waals surface area contributed by atoms with Crippen LogP contribution in [0.3, 0.4) is 0 Å². The number of thiazole rings is 2. The fourth-order valence-electron chi connectivity index (χ4n) is 2.66. The van der Waals surface area contributed by atoms with Gasteiger partial charge in [-0.3, -0.25) is 4.99 Å². The smallest absolute Gasteiger partial charge is 0.350 e. The number of hydrogen-bond donors (Lipinski definition) is 2. The molecule has 0 spiro atoms. The van der Waals surface area contributed by atoms with Crippen molar-refractivity contribution < 1.29 is 9.53 Å². The monoisotopic (exact) mass is 551 g/mol. The molecule has 0 saturated heterocycles. The zero-order valence-corrected chi connectivity index (χ0v) is 21.8. The Morgan fingerprint density at radius 3 is 2.55 bits per heavy atom. The lowest BCUT2D eigenvalue weighted by Gasteiger charge is -2.15. The normalized spacial score (nSPS) is 12.3. The molecule has 2 aromatic heterocycles. The number of nitrogens with zero attached hydrogens (tertiary/aromatic N) is 3. The molecule has 29 heavy (non-hydrogen) atoms. The predicted octanol–water partition coefficient (Wildman–Crippen LogP) is 4.04. The van der Waals surface area contributed by atoms with Crippen LogP contribution in [0.2, 0.25) is 0 Å². The summed E-state index contributed by atoms with van der Waals surface area (Å²) >= 11 is 3.11. The highest BCUT2D eigenvalue weighted by molar-refractivity contribution is 14.0. The van der Waals surface area contributed by atoms with E-state index in [1.54, 1.807) is 25.3 Å². The van der Waals surface area contributed by atoms with E-state index in [0.717, 1.165) is 29.4 Å². The van der Waals surface area contributed by atoms with Crippen LogP contribution in [0.4, 0.5) is 0 Å². The number of carbonyl (C=O) groups is 1. The standard InChI is InChI=1S/C19H29N5O2S2.HI/c1-7-14-13(5)27-15(24-14)9-10-21-19(20-6)23-12(4)17-22-11(3)16(28-17)18(25)26-8-2;/h12H,7-10H2,1-6H3,(H2,20,21,23);1H.